The Bertz CT molecular complexity index is 596. The van der Waals surface area contributed by atoms with Gasteiger partial charge < -0.3 is 9.64 Å². The van der Waals surface area contributed by atoms with Crippen LogP contribution in [-0.4, -0.2) is 51.7 Å². The number of alkyl halides is 2. The van der Waals surface area contributed by atoms with Gasteiger partial charge in [0.15, 0.2) is 0 Å². The summed E-state index contributed by atoms with van der Waals surface area (Å²) in [5.41, 5.74) is 0. The van der Waals surface area contributed by atoms with Crippen LogP contribution < -0.4 is 4.90 Å². The third-order valence-corrected chi connectivity index (χ3v) is 6.03. The largest absolute Gasteiger partial charge is 0.439 e. The van der Waals surface area contributed by atoms with E-state index in [4.69, 9.17) is 4.74 Å². The van der Waals surface area contributed by atoms with E-state index in [2.05, 4.69) is 42.1 Å². The number of anilines is 1. The normalized spacial score (nSPS) is 21.1. The van der Waals surface area contributed by atoms with Crippen LogP contribution in [0.5, 0.6) is 0 Å². The van der Waals surface area contributed by atoms with Crippen molar-refractivity contribution in [2.24, 2.45) is 5.92 Å². The molecule has 1 atom stereocenters. The van der Waals surface area contributed by atoms with Gasteiger partial charge in [-0.3, -0.25) is 4.79 Å². The lowest BCUT2D eigenvalue weighted by molar-refractivity contribution is -0.149. The Morgan fingerprint density at radius 3 is 2.74 bits per heavy atom. The highest BCUT2D eigenvalue weighted by atomic mass is 79.9. The van der Waals surface area contributed by atoms with Crippen molar-refractivity contribution in [1.29, 1.82) is 0 Å². The van der Waals surface area contributed by atoms with Crippen LogP contribution >= 0.6 is 43.2 Å². The molecule has 23 heavy (non-hydrogen) atoms. The van der Waals surface area contributed by atoms with Gasteiger partial charge in [0.25, 0.3) is 0 Å². The van der Waals surface area contributed by atoms with E-state index in [9.17, 15) is 9.59 Å². The molecule has 2 heterocycles. The summed E-state index contributed by atoms with van der Waals surface area (Å²) < 4.78 is 5.57. The summed E-state index contributed by atoms with van der Waals surface area (Å²) >= 11 is 8.02. The standard InChI is InChI=1S/C13H16Br2N4O3S/c14-4-1-5-18-7-10(22-11(20)8-2-3-8)19(13(18)21)12-17-16-9(6-15)23-12/h8,10H,1-7H2. The molecule has 1 saturated carbocycles. The summed E-state index contributed by atoms with van der Waals surface area (Å²) in [7, 11) is 0. The Labute approximate surface area is 154 Å². The lowest BCUT2D eigenvalue weighted by atomic mass is 10.4. The summed E-state index contributed by atoms with van der Waals surface area (Å²) in [6.07, 6.45) is 1.96. The van der Waals surface area contributed by atoms with Crippen LogP contribution in [0.1, 0.15) is 24.3 Å². The maximum atomic E-state index is 12.7. The first-order chi connectivity index (χ1) is 11.1. The second-order valence-corrected chi connectivity index (χ2v) is 7.81. The number of nitrogens with zero attached hydrogens (tertiary/aromatic N) is 4. The van der Waals surface area contributed by atoms with Crippen molar-refractivity contribution < 1.29 is 14.3 Å². The van der Waals surface area contributed by atoms with E-state index >= 15 is 0 Å². The first-order valence-electron chi connectivity index (χ1n) is 7.37. The predicted molar refractivity (Wildman–Crippen MR) is 93.0 cm³/mol. The predicted octanol–water partition coefficient (Wildman–Crippen LogP) is 2.74. The molecule has 0 spiro atoms. The van der Waals surface area contributed by atoms with E-state index in [1.165, 1.54) is 16.2 Å². The van der Waals surface area contributed by atoms with Gasteiger partial charge in [0.05, 0.1) is 17.8 Å². The van der Waals surface area contributed by atoms with E-state index in [0.29, 0.717) is 23.6 Å². The fourth-order valence-electron chi connectivity index (χ4n) is 2.30. The molecule has 1 aromatic heterocycles. The molecule has 0 aromatic carbocycles. The molecule has 2 amide bonds. The number of ether oxygens (including phenoxy) is 1. The van der Waals surface area contributed by atoms with Crippen LogP contribution in [-0.2, 0) is 14.9 Å². The smallest absolute Gasteiger partial charge is 0.329 e. The van der Waals surface area contributed by atoms with E-state index in [-0.39, 0.29) is 17.9 Å². The Kier molecular flexibility index (Phi) is 5.53. The lowest BCUT2D eigenvalue weighted by Crippen LogP contribution is -2.38. The number of amides is 2. The summed E-state index contributed by atoms with van der Waals surface area (Å²) in [4.78, 5) is 27.8. The van der Waals surface area contributed by atoms with Crippen LogP contribution in [0.25, 0.3) is 0 Å². The second-order valence-electron chi connectivity index (χ2n) is 5.42. The fourth-order valence-corrected chi connectivity index (χ4v) is 3.73. The molecule has 126 valence electrons. The number of halogens is 2. The molecule has 2 aliphatic rings. The van der Waals surface area contributed by atoms with Crippen molar-refractivity contribution >= 4 is 60.3 Å². The van der Waals surface area contributed by atoms with Crippen molar-refractivity contribution in [3.8, 4) is 0 Å². The highest BCUT2D eigenvalue weighted by molar-refractivity contribution is 9.09. The SMILES string of the molecule is O=C(OC1CN(CCCBr)C(=O)N1c1nnc(CBr)s1)C1CC1. The minimum absolute atomic E-state index is 0.00364. The number of esters is 1. The van der Waals surface area contributed by atoms with Gasteiger partial charge in [0.1, 0.15) is 5.01 Å². The van der Waals surface area contributed by atoms with E-state index in [0.717, 1.165) is 29.6 Å². The van der Waals surface area contributed by atoms with Crippen LogP contribution in [0.4, 0.5) is 9.93 Å². The highest BCUT2D eigenvalue weighted by Crippen LogP contribution is 2.33. The zero-order valence-electron chi connectivity index (χ0n) is 12.3. The molecule has 7 nitrogen and oxygen atoms in total. The second kappa shape index (κ2) is 7.43. The first-order valence-corrected chi connectivity index (χ1v) is 10.4. The summed E-state index contributed by atoms with van der Waals surface area (Å²) in [6, 6.07) is -0.184. The van der Waals surface area contributed by atoms with E-state index in [1.807, 2.05) is 0 Å². The van der Waals surface area contributed by atoms with Gasteiger partial charge in [-0.05, 0) is 19.3 Å². The number of urea groups is 1. The quantitative estimate of drug-likeness (QED) is 0.455. The molecule has 1 aliphatic carbocycles. The molecule has 0 radical (unpaired) electrons. The molecule has 2 fully saturated rings. The molecule has 1 unspecified atom stereocenters. The van der Waals surface area contributed by atoms with Crippen molar-refractivity contribution in [1.82, 2.24) is 15.1 Å². The average Bonchev–Trinajstić information content (AvgIpc) is 3.22. The van der Waals surface area contributed by atoms with E-state index < -0.39 is 6.23 Å². The zero-order chi connectivity index (χ0) is 16.4. The number of hydrogen-bond donors (Lipinski definition) is 0. The number of carbonyl (C=O) groups is 2. The van der Waals surface area contributed by atoms with Gasteiger partial charge in [-0.25, -0.2) is 9.69 Å². The van der Waals surface area contributed by atoms with Gasteiger partial charge in [-0.15, -0.1) is 10.2 Å². The number of hydrogen-bond acceptors (Lipinski definition) is 6. The molecule has 1 aromatic rings. The number of carbonyl (C=O) groups excluding carboxylic acids is 2. The summed E-state index contributed by atoms with van der Waals surface area (Å²) in [5.74, 6) is -0.226. The number of rotatable bonds is 7. The third kappa shape index (κ3) is 3.85. The van der Waals surface area contributed by atoms with Crippen molar-refractivity contribution in [3.05, 3.63) is 5.01 Å². The van der Waals surface area contributed by atoms with Crippen LogP contribution in [0.2, 0.25) is 0 Å². The van der Waals surface area contributed by atoms with Crippen molar-refractivity contribution in [3.63, 3.8) is 0 Å². The topological polar surface area (TPSA) is 75.6 Å². The molecular weight excluding hydrogens is 452 g/mol. The van der Waals surface area contributed by atoms with Crippen LogP contribution in [0.15, 0.2) is 0 Å². The molecule has 0 N–H and O–H groups in total. The average molecular weight is 468 g/mol. The maximum Gasteiger partial charge on any atom is 0.329 e. The highest BCUT2D eigenvalue weighted by Gasteiger charge is 2.44. The monoisotopic (exact) mass is 466 g/mol. The zero-order valence-corrected chi connectivity index (χ0v) is 16.3. The lowest BCUT2D eigenvalue weighted by Gasteiger charge is -2.19. The third-order valence-electron chi connectivity index (χ3n) is 3.64. The Balaban J connectivity index is 1.77. The first kappa shape index (κ1) is 17.1. The maximum absolute atomic E-state index is 12.7. The molecular formula is C13H16Br2N4O3S. The van der Waals surface area contributed by atoms with E-state index in [1.54, 1.807) is 4.90 Å². The van der Waals surface area contributed by atoms with Gasteiger partial charge in [0.2, 0.25) is 11.4 Å². The minimum Gasteiger partial charge on any atom is -0.439 e. The molecule has 1 aliphatic heterocycles. The Hall–Kier alpha value is -0.740. The molecule has 3 rings (SSSR count). The van der Waals surface area contributed by atoms with Gasteiger partial charge in [-0.1, -0.05) is 43.2 Å². The summed E-state index contributed by atoms with van der Waals surface area (Å²) in [5, 5.41) is 10.7. The van der Waals surface area contributed by atoms with Gasteiger partial charge >= 0.3 is 12.0 Å². The fraction of sp³-hybridized carbons (Fsp3) is 0.692. The van der Waals surface area contributed by atoms with Gasteiger partial charge in [-0.2, -0.15) is 0 Å². The molecule has 0 bridgehead atoms. The van der Waals surface area contributed by atoms with Crippen molar-refractivity contribution in [2.45, 2.75) is 30.8 Å². The number of aromatic nitrogens is 2. The minimum atomic E-state index is -0.623. The van der Waals surface area contributed by atoms with Gasteiger partial charge in [0, 0.05) is 11.9 Å². The Morgan fingerprint density at radius 2 is 2.13 bits per heavy atom. The van der Waals surface area contributed by atoms with Crippen LogP contribution in [0, 0.1) is 5.92 Å². The molecule has 10 heteroatoms. The van der Waals surface area contributed by atoms with Crippen molar-refractivity contribution in [2.75, 3.05) is 23.3 Å². The van der Waals surface area contributed by atoms with Crippen LogP contribution in [0.3, 0.4) is 0 Å². The Morgan fingerprint density at radius 1 is 1.35 bits per heavy atom. The molecule has 1 saturated heterocycles. The summed E-state index contributed by atoms with van der Waals surface area (Å²) in [6.45, 7) is 0.982.